The van der Waals surface area contributed by atoms with Gasteiger partial charge < -0.3 is 14.6 Å². The number of rotatable bonds is 4. The molecule has 2 heterocycles. The van der Waals surface area contributed by atoms with Gasteiger partial charge in [0.2, 0.25) is 0 Å². The van der Waals surface area contributed by atoms with E-state index >= 15 is 0 Å². The SMILES string of the molecule is COc1cc(=O)n2c(c1C(=O)NCc1ccc(F)c(Cl)c1)CCCCC2. The first kappa shape index (κ1) is 18.5. The fourth-order valence-corrected chi connectivity index (χ4v) is 3.44. The Kier molecular flexibility index (Phi) is 5.61. The van der Waals surface area contributed by atoms with Crippen LogP contribution in [0.25, 0.3) is 0 Å². The van der Waals surface area contributed by atoms with E-state index in [-0.39, 0.29) is 28.8 Å². The number of carbonyl (C=O) groups excluding carboxylic acids is 1. The van der Waals surface area contributed by atoms with Crippen LogP contribution in [0.2, 0.25) is 5.02 Å². The maximum atomic E-state index is 13.3. The third-order valence-electron chi connectivity index (χ3n) is 4.56. The summed E-state index contributed by atoms with van der Waals surface area (Å²) in [6, 6.07) is 5.66. The first-order valence-electron chi connectivity index (χ1n) is 8.54. The van der Waals surface area contributed by atoms with Crippen LogP contribution in [0.15, 0.2) is 29.1 Å². The molecule has 1 amide bonds. The zero-order chi connectivity index (χ0) is 18.7. The van der Waals surface area contributed by atoms with Crippen LogP contribution in [-0.4, -0.2) is 17.6 Å². The van der Waals surface area contributed by atoms with Crippen molar-refractivity contribution in [3.63, 3.8) is 0 Å². The Morgan fingerprint density at radius 1 is 1.31 bits per heavy atom. The second-order valence-electron chi connectivity index (χ2n) is 6.27. The topological polar surface area (TPSA) is 60.3 Å². The number of amides is 1. The summed E-state index contributed by atoms with van der Waals surface area (Å²) < 4.78 is 20.2. The van der Waals surface area contributed by atoms with Gasteiger partial charge in [-0.15, -0.1) is 0 Å². The lowest BCUT2D eigenvalue weighted by Gasteiger charge is -2.17. The minimum atomic E-state index is -0.504. The lowest BCUT2D eigenvalue weighted by molar-refractivity contribution is 0.0945. The second kappa shape index (κ2) is 7.91. The van der Waals surface area contributed by atoms with E-state index in [1.54, 1.807) is 10.6 Å². The number of nitrogens with zero attached hydrogens (tertiary/aromatic N) is 1. The number of pyridine rings is 1. The molecular formula is C19H20ClFN2O3. The molecule has 0 fully saturated rings. The third-order valence-corrected chi connectivity index (χ3v) is 4.85. The Hall–Kier alpha value is -2.34. The van der Waals surface area contributed by atoms with Crippen molar-refractivity contribution in [3.8, 4) is 5.75 Å². The Morgan fingerprint density at radius 3 is 2.85 bits per heavy atom. The molecule has 0 saturated carbocycles. The van der Waals surface area contributed by atoms with E-state index in [9.17, 15) is 14.0 Å². The van der Waals surface area contributed by atoms with Crippen molar-refractivity contribution >= 4 is 17.5 Å². The second-order valence-corrected chi connectivity index (χ2v) is 6.67. The van der Waals surface area contributed by atoms with Crippen molar-refractivity contribution in [3.05, 3.63) is 62.3 Å². The molecule has 0 spiro atoms. The number of halogens is 2. The van der Waals surface area contributed by atoms with Crippen LogP contribution >= 0.6 is 11.6 Å². The largest absolute Gasteiger partial charge is 0.496 e. The van der Waals surface area contributed by atoms with E-state index in [1.807, 2.05) is 0 Å². The summed E-state index contributed by atoms with van der Waals surface area (Å²) >= 11 is 5.78. The van der Waals surface area contributed by atoms with Gasteiger partial charge in [-0.2, -0.15) is 0 Å². The number of nitrogens with one attached hydrogen (secondary N) is 1. The van der Waals surface area contributed by atoms with E-state index in [0.717, 1.165) is 19.3 Å². The fraction of sp³-hybridized carbons (Fsp3) is 0.368. The Labute approximate surface area is 155 Å². The first-order chi connectivity index (χ1) is 12.5. The average Bonchev–Trinajstić information content (AvgIpc) is 2.88. The van der Waals surface area contributed by atoms with Crippen molar-refractivity contribution < 1.29 is 13.9 Å². The van der Waals surface area contributed by atoms with Gasteiger partial charge in [0.25, 0.3) is 11.5 Å². The lowest BCUT2D eigenvalue weighted by atomic mass is 10.1. The van der Waals surface area contributed by atoms with Crippen molar-refractivity contribution in [2.24, 2.45) is 0 Å². The molecule has 26 heavy (non-hydrogen) atoms. The smallest absolute Gasteiger partial charge is 0.257 e. The summed E-state index contributed by atoms with van der Waals surface area (Å²) in [5.41, 5.74) is 1.63. The van der Waals surface area contributed by atoms with E-state index in [1.165, 1.54) is 25.3 Å². The van der Waals surface area contributed by atoms with E-state index in [4.69, 9.17) is 16.3 Å². The van der Waals surface area contributed by atoms with Crippen LogP contribution < -0.4 is 15.6 Å². The number of aromatic nitrogens is 1. The molecule has 1 aliphatic rings. The molecule has 0 bridgehead atoms. The van der Waals surface area contributed by atoms with Gasteiger partial charge in [0.1, 0.15) is 17.1 Å². The highest BCUT2D eigenvalue weighted by atomic mass is 35.5. The van der Waals surface area contributed by atoms with Gasteiger partial charge in [0.15, 0.2) is 0 Å². The van der Waals surface area contributed by atoms with Crippen LogP contribution in [0.4, 0.5) is 4.39 Å². The van der Waals surface area contributed by atoms with Crippen molar-refractivity contribution in [2.45, 2.75) is 38.8 Å². The molecule has 0 aliphatic carbocycles. The maximum Gasteiger partial charge on any atom is 0.257 e. The number of hydrogen-bond donors (Lipinski definition) is 1. The molecule has 1 aromatic heterocycles. The summed E-state index contributed by atoms with van der Waals surface area (Å²) in [6.45, 7) is 0.798. The number of benzene rings is 1. The molecular weight excluding hydrogens is 359 g/mol. The molecule has 0 saturated heterocycles. The number of carbonyl (C=O) groups is 1. The highest BCUT2D eigenvalue weighted by Gasteiger charge is 2.23. The molecule has 0 unspecified atom stereocenters. The van der Waals surface area contributed by atoms with E-state index in [2.05, 4.69) is 5.32 Å². The third kappa shape index (κ3) is 3.75. The van der Waals surface area contributed by atoms with Gasteiger partial charge in [-0.3, -0.25) is 9.59 Å². The minimum Gasteiger partial charge on any atom is -0.496 e. The average molecular weight is 379 g/mol. The molecule has 1 N–H and O–H groups in total. The summed E-state index contributed by atoms with van der Waals surface area (Å²) in [5, 5.41) is 2.82. The zero-order valence-electron chi connectivity index (χ0n) is 14.5. The monoisotopic (exact) mass is 378 g/mol. The molecule has 1 aromatic carbocycles. The minimum absolute atomic E-state index is 0.00876. The van der Waals surface area contributed by atoms with Gasteiger partial charge in [-0.25, -0.2) is 4.39 Å². The molecule has 138 valence electrons. The summed E-state index contributed by atoms with van der Waals surface area (Å²) in [7, 11) is 1.44. The number of hydrogen-bond acceptors (Lipinski definition) is 3. The lowest BCUT2D eigenvalue weighted by Crippen LogP contribution is -2.30. The fourth-order valence-electron chi connectivity index (χ4n) is 3.24. The first-order valence-corrected chi connectivity index (χ1v) is 8.92. The van der Waals surface area contributed by atoms with Crippen molar-refractivity contribution in [2.75, 3.05) is 7.11 Å². The van der Waals surface area contributed by atoms with Crippen LogP contribution in [-0.2, 0) is 19.5 Å². The van der Waals surface area contributed by atoms with Crippen LogP contribution in [0.1, 0.15) is 40.9 Å². The van der Waals surface area contributed by atoms with Crippen LogP contribution in [0.5, 0.6) is 5.75 Å². The van der Waals surface area contributed by atoms with Crippen LogP contribution in [0.3, 0.4) is 0 Å². The Balaban J connectivity index is 1.90. The Morgan fingerprint density at radius 2 is 2.12 bits per heavy atom. The maximum absolute atomic E-state index is 13.3. The van der Waals surface area contributed by atoms with E-state index < -0.39 is 5.82 Å². The van der Waals surface area contributed by atoms with E-state index in [0.29, 0.717) is 29.8 Å². The highest BCUT2D eigenvalue weighted by Crippen LogP contribution is 2.25. The molecule has 3 rings (SSSR count). The van der Waals surface area contributed by atoms with Crippen LogP contribution in [0, 0.1) is 5.82 Å². The molecule has 1 aliphatic heterocycles. The van der Waals surface area contributed by atoms with Gasteiger partial charge in [0, 0.05) is 24.8 Å². The summed E-state index contributed by atoms with van der Waals surface area (Å²) in [6.07, 6.45) is 3.49. The normalized spacial score (nSPS) is 13.7. The summed E-state index contributed by atoms with van der Waals surface area (Å²) in [5.74, 6) is -0.554. The quantitative estimate of drug-likeness (QED) is 0.888. The van der Waals surface area contributed by atoms with Gasteiger partial charge >= 0.3 is 0 Å². The Bertz CT molecular complexity index is 895. The predicted octanol–water partition coefficient (Wildman–Crippen LogP) is 3.31. The van der Waals surface area contributed by atoms with Gasteiger partial charge in [-0.05, 0) is 37.0 Å². The zero-order valence-corrected chi connectivity index (χ0v) is 15.2. The molecule has 0 radical (unpaired) electrons. The van der Waals surface area contributed by atoms with Gasteiger partial charge in [0.05, 0.1) is 12.1 Å². The number of methoxy groups -OCH3 is 1. The van der Waals surface area contributed by atoms with Crippen molar-refractivity contribution in [1.82, 2.24) is 9.88 Å². The number of ether oxygens (including phenoxy) is 1. The van der Waals surface area contributed by atoms with Gasteiger partial charge in [-0.1, -0.05) is 24.1 Å². The molecule has 2 aromatic rings. The number of fused-ring (bicyclic) bond motifs is 1. The standard InChI is InChI=1S/C19H20ClFN2O3/c1-26-16-10-17(24)23-8-4-2-3-5-15(23)18(16)19(25)22-11-12-6-7-14(21)13(20)9-12/h6-7,9-10H,2-5,8,11H2,1H3,(H,22,25). The highest BCUT2D eigenvalue weighted by molar-refractivity contribution is 6.30. The predicted molar refractivity (Wildman–Crippen MR) is 97.4 cm³/mol. The molecule has 5 nitrogen and oxygen atoms in total. The van der Waals surface area contributed by atoms with Crippen molar-refractivity contribution in [1.29, 1.82) is 0 Å². The molecule has 0 atom stereocenters. The summed E-state index contributed by atoms with van der Waals surface area (Å²) in [4.78, 5) is 25.2. The molecule has 7 heteroatoms.